The summed E-state index contributed by atoms with van der Waals surface area (Å²) in [5.41, 5.74) is 0.364. The van der Waals surface area contributed by atoms with Crippen LogP contribution in [0.25, 0.3) is 0 Å². The van der Waals surface area contributed by atoms with Gasteiger partial charge in [-0.3, -0.25) is 4.90 Å². The van der Waals surface area contributed by atoms with Crippen molar-refractivity contribution in [2.75, 3.05) is 38.5 Å². The van der Waals surface area contributed by atoms with Crippen LogP contribution in [0.2, 0.25) is 0 Å². The zero-order valence-corrected chi connectivity index (χ0v) is 13.0. The molecule has 0 spiro atoms. The molecule has 2 rings (SSSR count). The molecule has 5 nitrogen and oxygen atoms in total. The molecule has 0 radical (unpaired) electrons. The fourth-order valence-electron chi connectivity index (χ4n) is 2.40. The lowest BCUT2D eigenvalue weighted by Crippen LogP contribution is -2.46. The molecule has 2 N–H and O–H groups in total. The standard InChI is InChI=1S/C14H22FN3O2S/c1-12(13-4-2-3-5-14(13)15)17-21(19,20)11-10-18-8-6-16-7-9-18/h2-5,12,16-17H,6-11H2,1H3. The van der Waals surface area contributed by atoms with E-state index in [1.54, 1.807) is 25.1 Å². The molecule has 118 valence electrons. The summed E-state index contributed by atoms with van der Waals surface area (Å²) >= 11 is 0. The lowest BCUT2D eigenvalue weighted by Gasteiger charge is -2.27. The molecule has 1 heterocycles. The summed E-state index contributed by atoms with van der Waals surface area (Å²) in [6, 6.07) is 5.65. The van der Waals surface area contributed by atoms with Crippen LogP contribution in [0.3, 0.4) is 0 Å². The lowest BCUT2D eigenvalue weighted by molar-refractivity contribution is 0.253. The summed E-state index contributed by atoms with van der Waals surface area (Å²) in [6.07, 6.45) is 0. The minimum absolute atomic E-state index is 0.0335. The number of piperazine rings is 1. The van der Waals surface area contributed by atoms with Crippen molar-refractivity contribution >= 4 is 10.0 Å². The van der Waals surface area contributed by atoms with Gasteiger partial charge in [-0.1, -0.05) is 18.2 Å². The van der Waals surface area contributed by atoms with E-state index in [-0.39, 0.29) is 5.75 Å². The molecule has 7 heteroatoms. The van der Waals surface area contributed by atoms with E-state index in [2.05, 4.69) is 14.9 Å². The van der Waals surface area contributed by atoms with Crippen molar-refractivity contribution in [3.05, 3.63) is 35.6 Å². The maximum Gasteiger partial charge on any atom is 0.213 e. The van der Waals surface area contributed by atoms with Crippen LogP contribution in [0.4, 0.5) is 4.39 Å². The molecule has 1 fully saturated rings. The monoisotopic (exact) mass is 315 g/mol. The average Bonchev–Trinajstić information content (AvgIpc) is 2.46. The van der Waals surface area contributed by atoms with Crippen LogP contribution in [-0.4, -0.2) is 51.8 Å². The van der Waals surface area contributed by atoms with E-state index in [0.717, 1.165) is 26.2 Å². The molecule has 1 aromatic rings. The van der Waals surface area contributed by atoms with Crippen LogP contribution < -0.4 is 10.0 Å². The first-order valence-corrected chi connectivity index (χ1v) is 8.81. The van der Waals surface area contributed by atoms with Crippen molar-refractivity contribution in [2.45, 2.75) is 13.0 Å². The maximum absolute atomic E-state index is 13.6. The number of halogens is 1. The lowest BCUT2D eigenvalue weighted by atomic mass is 10.1. The molecule has 1 saturated heterocycles. The van der Waals surface area contributed by atoms with Gasteiger partial charge < -0.3 is 5.32 Å². The van der Waals surface area contributed by atoms with Gasteiger partial charge in [0.05, 0.1) is 5.75 Å². The van der Waals surface area contributed by atoms with Crippen LogP contribution in [0, 0.1) is 5.82 Å². The second-order valence-corrected chi connectivity index (χ2v) is 7.15. The van der Waals surface area contributed by atoms with E-state index in [9.17, 15) is 12.8 Å². The van der Waals surface area contributed by atoms with E-state index in [1.165, 1.54) is 6.07 Å². The highest BCUT2D eigenvalue weighted by Crippen LogP contribution is 2.16. The normalized spacial score (nSPS) is 18.6. The third kappa shape index (κ3) is 5.03. The van der Waals surface area contributed by atoms with Gasteiger partial charge in [-0.15, -0.1) is 0 Å². The van der Waals surface area contributed by atoms with Gasteiger partial charge in [0.15, 0.2) is 0 Å². The van der Waals surface area contributed by atoms with Crippen LogP contribution >= 0.6 is 0 Å². The first kappa shape index (κ1) is 16.4. The first-order chi connectivity index (χ1) is 9.98. The number of benzene rings is 1. The minimum atomic E-state index is -3.42. The summed E-state index contributed by atoms with van der Waals surface area (Å²) in [6.45, 7) is 5.65. The average molecular weight is 315 g/mol. The van der Waals surface area contributed by atoms with Gasteiger partial charge in [0.2, 0.25) is 10.0 Å². The molecule has 1 unspecified atom stereocenters. The highest BCUT2D eigenvalue weighted by Gasteiger charge is 2.19. The van der Waals surface area contributed by atoms with E-state index < -0.39 is 21.9 Å². The van der Waals surface area contributed by atoms with Crippen molar-refractivity contribution < 1.29 is 12.8 Å². The number of nitrogens with zero attached hydrogens (tertiary/aromatic N) is 1. The summed E-state index contributed by atoms with van der Waals surface area (Å²) in [4.78, 5) is 2.11. The van der Waals surface area contributed by atoms with Crippen molar-refractivity contribution in [3.8, 4) is 0 Å². The Kier molecular flexibility index (Phi) is 5.69. The van der Waals surface area contributed by atoms with Gasteiger partial charge in [0.25, 0.3) is 0 Å². The van der Waals surface area contributed by atoms with Crippen molar-refractivity contribution in [2.24, 2.45) is 0 Å². The fraction of sp³-hybridized carbons (Fsp3) is 0.571. The molecular weight excluding hydrogens is 293 g/mol. The predicted molar refractivity (Wildman–Crippen MR) is 81.0 cm³/mol. The number of hydrogen-bond donors (Lipinski definition) is 2. The van der Waals surface area contributed by atoms with E-state index >= 15 is 0 Å². The molecule has 1 atom stereocenters. The SMILES string of the molecule is CC(NS(=O)(=O)CCN1CCNCC1)c1ccccc1F. The summed E-state index contributed by atoms with van der Waals surface area (Å²) < 4.78 is 40.4. The Bertz CT molecular complexity index is 559. The molecule has 1 aliphatic rings. The Morgan fingerprint density at radius 1 is 1.33 bits per heavy atom. The van der Waals surface area contributed by atoms with Crippen molar-refractivity contribution in [3.63, 3.8) is 0 Å². The fourth-order valence-corrected chi connectivity index (χ4v) is 3.68. The Morgan fingerprint density at radius 3 is 2.67 bits per heavy atom. The van der Waals surface area contributed by atoms with Gasteiger partial charge in [0, 0.05) is 44.3 Å². The molecule has 1 aliphatic heterocycles. The van der Waals surface area contributed by atoms with E-state index in [4.69, 9.17) is 0 Å². The van der Waals surface area contributed by atoms with Gasteiger partial charge in [-0.25, -0.2) is 17.5 Å². The molecule has 21 heavy (non-hydrogen) atoms. The van der Waals surface area contributed by atoms with Gasteiger partial charge in [0.1, 0.15) is 5.82 Å². The first-order valence-electron chi connectivity index (χ1n) is 7.15. The van der Waals surface area contributed by atoms with E-state index in [0.29, 0.717) is 12.1 Å². The van der Waals surface area contributed by atoms with Gasteiger partial charge >= 0.3 is 0 Å². The predicted octanol–water partition coefficient (Wildman–Crippen LogP) is 0.711. The molecule has 0 aromatic heterocycles. The molecule has 0 bridgehead atoms. The maximum atomic E-state index is 13.6. The second kappa shape index (κ2) is 7.31. The molecule has 0 aliphatic carbocycles. The number of rotatable bonds is 6. The second-order valence-electron chi connectivity index (χ2n) is 5.27. The van der Waals surface area contributed by atoms with Crippen molar-refractivity contribution in [1.82, 2.24) is 14.9 Å². The smallest absolute Gasteiger partial charge is 0.213 e. The summed E-state index contributed by atoms with van der Waals surface area (Å²) in [5, 5.41) is 3.22. The Labute approximate surface area is 125 Å². The van der Waals surface area contributed by atoms with Gasteiger partial charge in [-0.2, -0.15) is 0 Å². The summed E-state index contributed by atoms with van der Waals surface area (Å²) in [5.74, 6) is -0.360. The minimum Gasteiger partial charge on any atom is -0.314 e. The zero-order valence-electron chi connectivity index (χ0n) is 12.2. The summed E-state index contributed by atoms with van der Waals surface area (Å²) in [7, 11) is -3.42. The highest BCUT2D eigenvalue weighted by atomic mass is 32.2. The topological polar surface area (TPSA) is 61.4 Å². The Morgan fingerprint density at radius 2 is 2.00 bits per heavy atom. The molecule has 1 aromatic carbocycles. The van der Waals surface area contributed by atoms with Gasteiger partial charge in [-0.05, 0) is 13.0 Å². The number of nitrogens with one attached hydrogen (secondary N) is 2. The van der Waals surface area contributed by atoms with Crippen LogP contribution in [0.1, 0.15) is 18.5 Å². The Balaban J connectivity index is 1.89. The molecule has 0 amide bonds. The third-order valence-electron chi connectivity index (χ3n) is 3.61. The van der Waals surface area contributed by atoms with Crippen molar-refractivity contribution in [1.29, 1.82) is 0 Å². The molecular formula is C14H22FN3O2S. The van der Waals surface area contributed by atoms with E-state index in [1.807, 2.05) is 0 Å². The number of hydrogen-bond acceptors (Lipinski definition) is 4. The molecule has 0 saturated carbocycles. The van der Waals surface area contributed by atoms with Crippen LogP contribution in [-0.2, 0) is 10.0 Å². The van der Waals surface area contributed by atoms with Crippen LogP contribution in [0.15, 0.2) is 24.3 Å². The number of sulfonamides is 1. The largest absolute Gasteiger partial charge is 0.314 e. The third-order valence-corrected chi connectivity index (χ3v) is 5.05. The quantitative estimate of drug-likeness (QED) is 0.812. The highest BCUT2D eigenvalue weighted by molar-refractivity contribution is 7.89. The Hall–Kier alpha value is -1.02. The zero-order chi connectivity index (χ0) is 15.3. The van der Waals surface area contributed by atoms with Crippen LogP contribution in [0.5, 0.6) is 0 Å².